The summed E-state index contributed by atoms with van der Waals surface area (Å²) in [7, 11) is 0. The molecule has 11 nitrogen and oxygen atoms in total. The van der Waals surface area contributed by atoms with Gasteiger partial charge in [0, 0.05) is 0 Å². The van der Waals surface area contributed by atoms with E-state index in [0.717, 1.165) is 0 Å². The van der Waals surface area contributed by atoms with Crippen LogP contribution in [0.2, 0.25) is 0 Å². The van der Waals surface area contributed by atoms with E-state index in [4.69, 9.17) is 21.7 Å². The highest BCUT2D eigenvalue weighted by atomic mass is 16.4. The molecule has 0 radical (unpaired) electrons. The summed E-state index contributed by atoms with van der Waals surface area (Å²) in [6.45, 7) is 3.31. The predicted molar refractivity (Wildman–Crippen MR) is 80.4 cm³/mol. The highest BCUT2D eigenvalue weighted by molar-refractivity contribution is 5.95. The lowest BCUT2D eigenvalue weighted by molar-refractivity contribution is -0.144. The van der Waals surface area contributed by atoms with E-state index in [0.29, 0.717) is 0 Å². The van der Waals surface area contributed by atoms with Crippen LogP contribution in [0.5, 0.6) is 0 Å². The zero-order valence-electron chi connectivity index (χ0n) is 13.3. The molecule has 3 unspecified atom stereocenters. The standard InChI is InChI=1S/C13H22N4O7/c1-5(2)10(15)12(22)16-6(4-9(19)20)11(21)17-7(13(23)24)3-8(14)18/h5-7,10H,3-4,15H2,1-2H3,(H2,14,18)(H,16,22)(H,17,21)(H,19,20)(H,23,24). The lowest BCUT2D eigenvalue weighted by Gasteiger charge is -2.22. The Morgan fingerprint density at radius 1 is 0.917 bits per heavy atom. The first-order valence-electron chi connectivity index (χ1n) is 7.04. The minimum atomic E-state index is -1.64. The van der Waals surface area contributed by atoms with Crippen LogP contribution in [0.3, 0.4) is 0 Å². The average molecular weight is 346 g/mol. The van der Waals surface area contributed by atoms with Crippen molar-refractivity contribution < 1.29 is 34.2 Å². The molecule has 8 N–H and O–H groups in total. The summed E-state index contributed by atoms with van der Waals surface area (Å²) in [4.78, 5) is 56.6. The maximum Gasteiger partial charge on any atom is 0.326 e. The SMILES string of the molecule is CC(C)C(N)C(=O)NC(CC(=O)O)C(=O)NC(CC(N)=O)C(=O)O. The van der Waals surface area contributed by atoms with Crippen molar-refractivity contribution in [3.63, 3.8) is 0 Å². The number of carbonyl (C=O) groups excluding carboxylic acids is 3. The molecule has 0 spiro atoms. The summed E-state index contributed by atoms with van der Waals surface area (Å²) >= 11 is 0. The van der Waals surface area contributed by atoms with Crippen LogP contribution in [0.4, 0.5) is 0 Å². The van der Waals surface area contributed by atoms with E-state index in [1.54, 1.807) is 13.8 Å². The fraction of sp³-hybridized carbons (Fsp3) is 0.615. The minimum Gasteiger partial charge on any atom is -0.481 e. The van der Waals surface area contributed by atoms with Crippen LogP contribution in [-0.2, 0) is 24.0 Å². The van der Waals surface area contributed by atoms with E-state index in [-0.39, 0.29) is 5.92 Å². The molecule has 0 saturated heterocycles. The third-order valence-corrected chi connectivity index (χ3v) is 3.05. The van der Waals surface area contributed by atoms with Crippen molar-refractivity contribution in [2.45, 2.75) is 44.8 Å². The number of nitrogens with one attached hydrogen (secondary N) is 2. The Morgan fingerprint density at radius 2 is 1.42 bits per heavy atom. The topological polar surface area (TPSA) is 202 Å². The highest BCUT2D eigenvalue weighted by Gasteiger charge is 2.30. The average Bonchev–Trinajstić information content (AvgIpc) is 2.43. The minimum absolute atomic E-state index is 0.264. The van der Waals surface area contributed by atoms with Gasteiger partial charge in [-0.15, -0.1) is 0 Å². The Kier molecular flexibility index (Phi) is 8.39. The summed E-state index contributed by atoms with van der Waals surface area (Å²) in [6.07, 6.45) is -1.47. The third-order valence-electron chi connectivity index (χ3n) is 3.05. The van der Waals surface area contributed by atoms with Gasteiger partial charge in [0.25, 0.3) is 0 Å². The first-order chi connectivity index (χ1) is 11.0. The second-order valence-corrected chi connectivity index (χ2v) is 5.50. The van der Waals surface area contributed by atoms with Gasteiger partial charge >= 0.3 is 11.9 Å². The van der Waals surface area contributed by atoms with Gasteiger partial charge in [0.1, 0.15) is 12.1 Å². The van der Waals surface area contributed by atoms with Crippen LogP contribution in [0.25, 0.3) is 0 Å². The predicted octanol–water partition coefficient (Wildman–Crippen LogP) is -2.63. The molecule has 0 aliphatic heterocycles. The number of primary amides is 1. The van der Waals surface area contributed by atoms with Crippen molar-refractivity contribution in [2.75, 3.05) is 0 Å². The van der Waals surface area contributed by atoms with Crippen molar-refractivity contribution in [2.24, 2.45) is 17.4 Å². The summed E-state index contributed by atoms with van der Waals surface area (Å²) < 4.78 is 0. The lowest BCUT2D eigenvalue weighted by atomic mass is 10.0. The number of hydrogen-bond acceptors (Lipinski definition) is 6. The van der Waals surface area contributed by atoms with Crippen LogP contribution in [-0.4, -0.2) is 58.0 Å². The second kappa shape index (κ2) is 9.45. The fourth-order valence-corrected chi connectivity index (χ4v) is 1.63. The van der Waals surface area contributed by atoms with Gasteiger partial charge < -0.3 is 32.3 Å². The van der Waals surface area contributed by atoms with Gasteiger partial charge in [-0.25, -0.2) is 4.79 Å². The number of hydrogen-bond donors (Lipinski definition) is 6. The quantitative estimate of drug-likeness (QED) is 0.246. The molecular formula is C13H22N4O7. The molecule has 0 aromatic heterocycles. The van der Waals surface area contributed by atoms with Gasteiger partial charge in [0.2, 0.25) is 17.7 Å². The van der Waals surface area contributed by atoms with Crippen molar-refractivity contribution in [3.8, 4) is 0 Å². The molecule has 0 heterocycles. The second-order valence-electron chi connectivity index (χ2n) is 5.50. The van der Waals surface area contributed by atoms with Crippen LogP contribution >= 0.6 is 0 Å². The van der Waals surface area contributed by atoms with E-state index < -0.39 is 60.6 Å². The molecule has 0 aromatic carbocycles. The Labute approximate surface area is 137 Å². The van der Waals surface area contributed by atoms with Crippen LogP contribution in [0.1, 0.15) is 26.7 Å². The molecule has 3 amide bonds. The summed E-state index contributed by atoms with van der Waals surface area (Å²) in [5, 5.41) is 21.9. The normalized spacial score (nSPS) is 14.3. The molecule has 0 aliphatic carbocycles. The Morgan fingerprint density at radius 3 is 1.79 bits per heavy atom. The number of carboxylic acids is 2. The van der Waals surface area contributed by atoms with E-state index in [1.807, 2.05) is 5.32 Å². The van der Waals surface area contributed by atoms with Crippen molar-refractivity contribution in [1.29, 1.82) is 0 Å². The molecule has 0 bridgehead atoms. The molecule has 0 rings (SSSR count). The van der Waals surface area contributed by atoms with Gasteiger partial charge in [0.15, 0.2) is 0 Å². The van der Waals surface area contributed by atoms with Crippen LogP contribution in [0.15, 0.2) is 0 Å². The Hall–Kier alpha value is -2.69. The number of amides is 3. The number of rotatable bonds is 10. The summed E-state index contributed by atoms with van der Waals surface area (Å²) in [5.41, 5.74) is 10.5. The highest BCUT2D eigenvalue weighted by Crippen LogP contribution is 2.02. The van der Waals surface area contributed by atoms with Gasteiger partial charge in [-0.05, 0) is 5.92 Å². The maximum atomic E-state index is 12.1. The zero-order valence-corrected chi connectivity index (χ0v) is 13.3. The van der Waals surface area contributed by atoms with Crippen molar-refractivity contribution in [1.82, 2.24) is 10.6 Å². The van der Waals surface area contributed by atoms with E-state index in [9.17, 15) is 24.0 Å². The van der Waals surface area contributed by atoms with Gasteiger partial charge in [-0.1, -0.05) is 13.8 Å². The number of nitrogens with two attached hydrogens (primary N) is 2. The van der Waals surface area contributed by atoms with Gasteiger partial charge in [-0.2, -0.15) is 0 Å². The fourth-order valence-electron chi connectivity index (χ4n) is 1.63. The molecule has 0 aromatic rings. The summed E-state index contributed by atoms with van der Waals surface area (Å²) in [5.74, 6) is -5.98. The number of aliphatic carboxylic acids is 2. The number of carboxylic acid groups (broad SMARTS) is 2. The van der Waals surface area contributed by atoms with Crippen LogP contribution < -0.4 is 22.1 Å². The van der Waals surface area contributed by atoms with Gasteiger partial charge in [-0.3, -0.25) is 19.2 Å². The third kappa shape index (κ3) is 7.54. The molecule has 3 atom stereocenters. The molecule has 0 aliphatic rings. The first kappa shape index (κ1) is 21.3. The molecule has 136 valence electrons. The maximum absolute atomic E-state index is 12.1. The number of carbonyl (C=O) groups is 5. The molecule has 0 saturated carbocycles. The van der Waals surface area contributed by atoms with E-state index in [1.165, 1.54) is 0 Å². The largest absolute Gasteiger partial charge is 0.481 e. The molecular weight excluding hydrogens is 324 g/mol. The molecule has 0 fully saturated rings. The molecule has 24 heavy (non-hydrogen) atoms. The van der Waals surface area contributed by atoms with Crippen molar-refractivity contribution >= 4 is 29.7 Å². The van der Waals surface area contributed by atoms with Gasteiger partial charge in [0.05, 0.1) is 18.9 Å². The smallest absolute Gasteiger partial charge is 0.326 e. The zero-order chi connectivity index (χ0) is 19.0. The molecule has 11 heteroatoms. The Bertz CT molecular complexity index is 520. The van der Waals surface area contributed by atoms with E-state index >= 15 is 0 Å². The summed E-state index contributed by atoms with van der Waals surface area (Å²) in [6, 6.07) is -4.16. The Balaban J connectivity index is 5.11. The first-order valence-corrected chi connectivity index (χ1v) is 7.04. The van der Waals surface area contributed by atoms with Crippen molar-refractivity contribution in [3.05, 3.63) is 0 Å². The van der Waals surface area contributed by atoms with Crippen LogP contribution in [0, 0.1) is 5.92 Å². The van der Waals surface area contributed by atoms with E-state index in [2.05, 4.69) is 5.32 Å². The monoisotopic (exact) mass is 346 g/mol. The lowest BCUT2D eigenvalue weighted by Crippen LogP contribution is -2.56.